The van der Waals surface area contributed by atoms with Gasteiger partial charge in [0.2, 0.25) is 5.91 Å². The van der Waals surface area contributed by atoms with E-state index in [1.165, 1.54) is 5.56 Å². The topological polar surface area (TPSA) is 46.3 Å². The molecule has 1 heterocycles. The third-order valence-corrected chi connectivity index (χ3v) is 3.59. The summed E-state index contributed by atoms with van der Waals surface area (Å²) in [6.45, 7) is 4.43. The van der Waals surface area contributed by atoms with E-state index in [2.05, 4.69) is 38.1 Å². The van der Waals surface area contributed by atoms with Crippen LogP contribution in [0.15, 0.2) is 24.3 Å². The highest BCUT2D eigenvalue weighted by Gasteiger charge is 2.35. The van der Waals surface area contributed by atoms with Crippen LogP contribution in [0, 0.1) is 5.92 Å². The Hall–Kier alpha value is -1.35. The van der Waals surface area contributed by atoms with Gasteiger partial charge in [0.25, 0.3) is 0 Å². The lowest BCUT2D eigenvalue weighted by Crippen LogP contribution is -2.30. The molecule has 0 spiro atoms. The van der Waals surface area contributed by atoms with Crippen LogP contribution in [0.4, 0.5) is 0 Å². The second-order valence-corrected chi connectivity index (χ2v) is 5.66. The molecule has 0 radical (unpaired) electrons. The van der Waals surface area contributed by atoms with Gasteiger partial charge in [0, 0.05) is 19.5 Å². The lowest BCUT2D eigenvalue weighted by atomic mass is 9.97. The maximum Gasteiger partial charge on any atom is 0.224 e. The summed E-state index contributed by atoms with van der Waals surface area (Å²) in [5.74, 6) is 0.799. The zero-order chi connectivity index (χ0) is 13.3. The molecule has 1 aromatic carbocycles. The van der Waals surface area contributed by atoms with Crippen molar-refractivity contribution in [2.24, 2.45) is 11.7 Å². The second-order valence-electron chi connectivity index (χ2n) is 5.66. The summed E-state index contributed by atoms with van der Waals surface area (Å²) in [4.78, 5) is 13.4. The Morgan fingerprint density at radius 3 is 2.39 bits per heavy atom. The van der Waals surface area contributed by atoms with Crippen LogP contribution in [-0.2, 0) is 11.2 Å². The molecule has 0 saturated carbocycles. The Morgan fingerprint density at radius 2 is 1.94 bits per heavy atom. The number of nitrogens with zero attached hydrogens (tertiary/aromatic N) is 1. The number of likely N-dealkylation sites (tertiary alicyclic amines) is 1. The zero-order valence-corrected chi connectivity index (χ0v) is 11.4. The number of nitrogens with two attached hydrogens (primary N) is 1. The maximum atomic E-state index is 11.6. The lowest BCUT2D eigenvalue weighted by Gasteiger charge is -2.23. The van der Waals surface area contributed by atoms with E-state index >= 15 is 0 Å². The van der Waals surface area contributed by atoms with E-state index in [0.29, 0.717) is 12.3 Å². The van der Waals surface area contributed by atoms with Crippen molar-refractivity contribution < 1.29 is 4.79 Å². The predicted octanol–water partition coefficient (Wildman–Crippen LogP) is 2.12. The van der Waals surface area contributed by atoms with Crippen LogP contribution in [0.1, 0.15) is 37.4 Å². The molecular formula is C15H22N2O. The Kier molecular flexibility index (Phi) is 3.71. The highest BCUT2D eigenvalue weighted by Crippen LogP contribution is 2.30. The Morgan fingerprint density at radius 1 is 1.33 bits per heavy atom. The van der Waals surface area contributed by atoms with E-state index in [9.17, 15) is 4.79 Å². The molecule has 1 fully saturated rings. The van der Waals surface area contributed by atoms with Crippen molar-refractivity contribution in [1.29, 1.82) is 0 Å². The normalized spacial score (nSPS) is 24.1. The summed E-state index contributed by atoms with van der Waals surface area (Å²) in [5.41, 5.74) is 8.53. The minimum atomic E-state index is -0.0848. The smallest absolute Gasteiger partial charge is 0.224 e. The number of benzene rings is 1. The molecule has 3 heteroatoms. The summed E-state index contributed by atoms with van der Waals surface area (Å²) in [5, 5.41) is 0. The van der Waals surface area contributed by atoms with Gasteiger partial charge in [-0.3, -0.25) is 4.79 Å². The van der Waals surface area contributed by atoms with Gasteiger partial charge in [0.1, 0.15) is 0 Å². The van der Waals surface area contributed by atoms with Crippen molar-refractivity contribution in [3.63, 3.8) is 0 Å². The van der Waals surface area contributed by atoms with Crippen LogP contribution in [0.2, 0.25) is 0 Å². The number of carbonyl (C=O) groups is 1. The molecule has 2 atom stereocenters. The van der Waals surface area contributed by atoms with E-state index in [-0.39, 0.29) is 18.0 Å². The van der Waals surface area contributed by atoms with E-state index in [1.807, 2.05) is 7.05 Å². The lowest BCUT2D eigenvalue weighted by molar-refractivity contribution is -0.127. The van der Waals surface area contributed by atoms with Crippen molar-refractivity contribution >= 4 is 5.91 Å². The molecule has 1 aliphatic heterocycles. The fourth-order valence-electron chi connectivity index (χ4n) is 2.69. The van der Waals surface area contributed by atoms with E-state index in [1.54, 1.807) is 4.90 Å². The first-order valence-corrected chi connectivity index (χ1v) is 6.59. The summed E-state index contributed by atoms with van der Waals surface area (Å²) in [6, 6.07) is 8.47. The third-order valence-electron chi connectivity index (χ3n) is 3.59. The van der Waals surface area contributed by atoms with Gasteiger partial charge >= 0.3 is 0 Å². The van der Waals surface area contributed by atoms with Crippen LogP contribution in [-0.4, -0.2) is 23.9 Å². The number of carbonyl (C=O) groups excluding carboxylic acids is 1. The van der Waals surface area contributed by atoms with E-state index in [4.69, 9.17) is 5.73 Å². The largest absolute Gasteiger partial charge is 0.337 e. The van der Waals surface area contributed by atoms with Crippen LogP contribution in [0.25, 0.3) is 0 Å². The van der Waals surface area contributed by atoms with Crippen LogP contribution < -0.4 is 5.73 Å². The van der Waals surface area contributed by atoms with Gasteiger partial charge < -0.3 is 10.6 Å². The molecule has 0 aromatic heterocycles. The van der Waals surface area contributed by atoms with Crippen molar-refractivity contribution in [2.75, 3.05) is 7.05 Å². The van der Waals surface area contributed by atoms with E-state index in [0.717, 1.165) is 12.0 Å². The van der Waals surface area contributed by atoms with Crippen LogP contribution >= 0.6 is 0 Å². The summed E-state index contributed by atoms with van der Waals surface area (Å²) in [6.07, 6.45) is 1.54. The number of hydrogen-bond donors (Lipinski definition) is 1. The number of rotatable bonds is 3. The summed E-state index contributed by atoms with van der Waals surface area (Å²) in [7, 11) is 1.84. The van der Waals surface area contributed by atoms with Gasteiger partial charge in [0.05, 0.1) is 6.04 Å². The van der Waals surface area contributed by atoms with Gasteiger partial charge in [-0.15, -0.1) is 0 Å². The molecule has 2 unspecified atom stereocenters. The van der Waals surface area contributed by atoms with Crippen molar-refractivity contribution in [2.45, 2.75) is 38.8 Å². The fraction of sp³-hybridized carbons (Fsp3) is 0.533. The molecule has 1 aliphatic rings. The predicted molar refractivity (Wildman–Crippen MR) is 73.1 cm³/mol. The maximum absolute atomic E-state index is 11.6. The minimum Gasteiger partial charge on any atom is -0.337 e. The molecule has 0 aliphatic carbocycles. The molecule has 2 rings (SSSR count). The van der Waals surface area contributed by atoms with E-state index < -0.39 is 0 Å². The Balaban J connectivity index is 2.17. The molecule has 1 aromatic rings. The molecule has 98 valence electrons. The Bertz CT molecular complexity index is 425. The molecule has 3 nitrogen and oxygen atoms in total. The fourth-order valence-corrected chi connectivity index (χ4v) is 2.69. The Labute approximate surface area is 109 Å². The zero-order valence-electron chi connectivity index (χ0n) is 11.4. The quantitative estimate of drug-likeness (QED) is 0.888. The van der Waals surface area contributed by atoms with Crippen molar-refractivity contribution in [3.05, 3.63) is 35.4 Å². The number of amides is 1. The minimum absolute atomic E-state index is 0.0330. The first-order valence-electron chi connectivity index (χ1n) is 6.59. The summed E-state index contributed by atoms with van der Waals surface area (Å²) >= 11 is 0. The van der Waals surface area contributed by atoms with Gasteiger partial charge in [-0.05, 0) is 23.5 Å². The van der Waals surface area contributed by atoms with Crippen molar-refractivity contribution in [1.82, 2.24) is 4.90 Å². The summed E-state index contributed by atoms with van der Waals surface area (Å²) < 4.78 is 0. The third kappa shape index (κ3) is 2.56. The average molecular weight is 246 g/mol. The highest BCUT2D eigenvalue weighted by molar-refractivity contribution is 5.80. The van der Waals surface area contributed by atoms with Gasteiger partial charge in [-0.1, -0.05) is 38.1 Å². The van der Waals surface area contributed by atoms with Gasteiger partial charge in [0.15, 0.2) is 0 Å². The average Bonchev–Trinajstić information content (AvgIpc) is 2.54. The monoisotopic (exact) mass is 246 g/mol. The standard InChI is InChI=1S/C15H22N2O/c1-10(2)8-11-4-6-12(7-5-11)15-13(16)9-14(18)17(15)3/h4-7,10,13,15H,8-9,16H2,1-3H3. The molecule has 0 bridgehead atoms. The highest BCUT2D eigenvalue weighted by atomic mass is 16.2. The van der Waals surface area contributed by atoms with Crippen molar-refractivity contribution in [3.8, 4) is 0 Å². The van der Waals surface area contributed by atoms with Crippen LogP contribution in [0.3, 0.4) is 0 Å². The molecular weight excluding hydrogens is 224 g/mol. The molecule has 2 N–H and O–H groups in total. The first kappa shape index (κ1) is 13.1. The number of hydrogen-bond acceptors (Lipinski definition) is 2. The first-order chi connectivity index (χ1) is 8.49. The molecule has 1 saturated heterocycles. The van der Waals surface area contributed by atoms with Crippen LogP contribution in [0.5, 0.6) is 0 Å². The molecule has 1 amide bonds. The SMILES string of the molecule is CC(C)Cc1ccc(C2C(N)CC(=O)N2C)cc1. The second kappa shape index (κ2) is 5.11. The van der Waals surface area contributed by atoms with Gasteiger partial charge in [-0.25, -0.2) is 0 Å². The number of likely N-dealkylation sites (N-methyl/N-ethyl adjacent to an activating group) is 1. The molecule has 18 heavy (non-hydrogen) atoms. The van der Waals surface area contributed by atoms with Gasteiger partial charge in [-0.2, -0.15) is 0 Å².